The van der Waals surface area contributed by atoms with Crippen LogP contribution in [0.3, 0.4) is 0 Å². The Balaban J connectivity index is 1.89. The first-order chi connectivity index (χ1) is 10.9. The van der Waals surface area contributed by atoms with Gasteiger partial charge in [-0.15, -0.1) is 0 Å². The van der Waals surface area contributed by atoms with Crippen LogP contribution in [-0.4, -0.2) is 15.6 Å². The van der Waals surface area contributed by atoms with E-state index in [1.165, 1.54) is 11.8 Å². The molecule has 1 aliphatic heterocycles. The minimum Gasteiger partial charge on any atom is -0.348 e. The number of carbonyl (C=O) groups is 1. The Bertz CT molecular complexity index is 852. The van der Waals surface area contributed by atoms with Gasteiger partial charge in [-0.3, -0.25) is 4.79 Å². The van der Waals surface area contributed by atoms with Gasteiger partial charge in [0.25, 0.3) is 5.91 Å². The molecule has 118 valence electrons. The Morgan fingerprint density at radius 1 is 1.26 bits per heavy atom. The number of thioether (sulfide) groups is 1. The zero-order valence-corrected chi connectivity index (χ0v) is 14.6. The molecule has 2 aromatic rings. The molecule has 0 aliphatic carbocycles. The van der Waals surface area contributed by atoms with Gasteiger partial charge in [0, 0.05) is 23.5 Å². The van der Waals surface area contributed by atoms with Crippen molar-refractivity contribution in [2.45, 2.75) is 13.8 Å². The lowest BCUT2D eigenvalue weighted by Gasteiger charge is -2.01. The summed E-state index contributed by atoms with van der Waals surface area (Å²) in [7, 11) is 1.98. The third-order valence-corrected chi connectivity index (χ3v) is 4.88. The number of aryl methyl sites for hydroxylation is 2. The summed E-state index contributed by atoms with van der Waals surface area (Å²) in [5.41, 5.74) is 3.90. The molecule has 0 spiro atoms. The molecule has 0 radical (unpaired) electrons. The van der Waals surface area contributed by atoms with Crippen molar-refractivity contribution >= 4 is 46.2 Å². The molecule has 1 fully saturated rings. The van der Waals surface area contributed by atoms with Gasteiger partial charge in [-0.25, -0.2) is 4.99 Å². The van der Waals surface area contributed by atoms with Crippen LogP contribution in [0.5, 0.6) is 0 Å². The first-order valence-corrected chi connectivity index (χ1v) is 8.31. The molecule has 1 aliphatic rings. The van der Waals surface area contributed by atoms with E-state index in [1.807, 2.05) is 55.8 Å². The normalized spacial score (nSPS) is 18.0. The highest BCUT2D eigenvalue weighted by Crippen LogP contribution is 2.30. The molecule has 0 unspecified atom stereocenters. The number of benzene rings is 1. The first-order valence-electron chi connectivity index (χ1n) is 7.12. The predicted molar refractivity (Wildman–Crippen MR) is 97.1 cm³/mol. The highest BCUT2D eigenvalue weighted by Gasteiger charge is 2.24. The van der Waals surface area contributed by atoms with Crippen LogP contribution in [0, 0.1) is 13.8 Å². The summed E-state index contributed by atoms with van der Waals surface area (Å²) in [5, 5.41) is 3.99. The molecule has 1 aromatic heterocycles. The second-order valence-corrected chi connectivity index (χ2v) is 6.84. The van der Waals surface area contributed by atoms with E-state index in [0.717, 1.165) is 22.6 Å². The molecular weight excluding hydrogens is 330 g/mol. The molecular formula is C17H16ClN3OS. The SMILES string of the molecule is Cc1ccc(Cl)cc1N=C1NC(=O)/C(=C/c2ccc(C)n2C)S1. The average Bonchev–Trinajstić information content (AvgIpc) is 3.00. The number of rotatable bonds is 2. The van der Waals surface area contributed by atoms with E-state index < -0.39 is 0 Å². The molecule has 0 saturated carbocycles. The highest BCUT2D eigenvalue weighted by atomic mass is 35.5. The summed E-state index contributed by atoms with van der Waals surface area (Å²) in [4.78, 5) is 17.3. The van der Waals surface area contributed by atoms with Crippen molar-refractivity contribution in [1.82, 2.24) is 9.88 Å². The van der Waals surface area contributed by atoms with Gasteiger partial charge >= 0.3 is 0 Å². The van der Waals surface area contributed by atoms with Crippen molar-refractivity contribution in [2.75, 3.05) is 0 Å². The minimum absolute atomic E-state index is 0.132. The Hall–Kier alpha value is -1.98. The van der Waals surface area contributed by atoms with E-state index in [0.29, 0.717) is 15.1 Å². The maximum Gasteiger partial charge on any atom is 0.264 e. The fourth-order valence-corrected chi connectivity index (χ4v) is 3.19. The zero-order chi connectivity index (χ0) is 16.6. The number of aromatic nitrogens is 1. The van der Waals surface area contributed by atoms with E-state index in [2.05, 4.69) is 10.3 Å². The van der Waals surface area contributed by atoms with Gasteiger partial charge in [-0.05, 0) is 61.5 Å². The van der Waals surface area contributed by atoms with E-state index in [-0.39, 0.29) is 5.91 Å². The van der Waals surface area contributed by atoms with Crippen LogP contribution in [0.25, 0.3) is 6.08 Å². The van der Waals surface area contributed by atoms with Crippen LogP contribution in [0.4, 0.5) is 5.69 Å². The van der Waals surface area contributed by atoms with Crippen LogP contribution in [-0.2, 0) is 11.8 Å². The molecule has 0 atom stereocenters. The van der Waals surface area contributed by atoms with Crippen molar-refractivity contribution in [3.8, 4) is 0 Å². The highest BCUT2D eigenvalue weighted by molar-refractivity contribution is 8.18. The summed E-state index contributed by atoms with van der Waals surface area (Å²) >= 11 is 7.34. The van der Waals surface area contributed by atoms with Crippen molar-refractivity contribution in [3.05, 3.63) is 57.2 Å². The number of nitrogens with one attached hydrogen (secondary N) is 1. The lowest BCUT2D eigenvalue weighted by molar-refractivity contribution is -0.115. The number of halogens is 1. The quantitative estimate of drug-likeness (QED) is 0.830. The summed E-state index contributed by atoms with van der Waals surface area (Å²) < 4.78 is 2.04. The van der Waals surface area contributed by atoms with E-state index in [4.69, 9.17) is 11.6 Å². The topological polar surface area (TPSA) is 46.4 Å². The van der Waals surface area contributed by atoms with Gasteiger partial charge in [-0.1, -0.05) is 17.7 Å². The second-order valence-electron chi connectivity index (χ2n) is 5.37. The monoisotopic (exact) mass is 345 g/mol. The number of amidine groups is 1. The van der Waals surface area contributed by atoms with Crippen molar-refractivity contribution in [1.29, 1.82) is 0 Å². The van der Waals surface area contributed by atoms with Crippen molar-refractivity contribution < 1.29 is 4.79 Å². The van der Waals surface area contributed by atoms with Crippen LogP contribution in [0.2, 0.25) is 5.02 Å². The smallest absolute Gasteiger partial charge is 0.264 e. The fraction of sp³-hybridized carbons (Fsp3) is 0.176. The molecule has 4 nitrogen and oxygen atoms in total. The fourth-order valence-electron chi connectivity index (χ4n) is 2.21. The number of carbonyl (C=O) groups excluding carboxylic acids is 1. The third kappa shape index (κ3) is 3.35. The summed E-state index contributed by atoms with van der Waals surface area (Å²) in [5.74, 6) is -0.132. The molecule has 1 N–H and O–H groups in total. The number of hydrogen-bond donors (Lipinski definition) is 1. The van der Waals surface area contributed by atoms with Gasteiger partial charge in [0.15, 0.2) is 5.17 Å². The number of aliphatic imine (C=N–C) groups is 1. The Kier molecular flexibility index (Phi) is 4.33. The Morgan fingerprint density at radius 2 is 2.04 bits per heavy atom. The third-order valence-electron chi connectivity index (χ3n) is 3.73. The van der Waals surface area contributed by atoms with Crippen LogP contribution in [0.15, 0.2) is 40.2 Å². The molecule has 0 bridgehead atoms. The summed E-state index contributed by atoms with van der Waals surface area (Å²) in [6.45, 7) is 3.99. The predicted octanol–water partition coefficient (Wildman–Crippen LogP) is 4.19. The average molecular weight is 346 g/mol. The minimum atomic E-state index is -0.132. The van der Waals surface area contributed by atoms with Crippen LogP contribution < -0.4 is 5.32 Å². The van der Waals surface area contributed by atoms with Gasteiger partial charge < -0.3 is 9.88 Å². The van der Waals surface area contributed by atoms with Gasteiger partial charge in [0.2, 0.25) is 0 Å². The largest absolute Gasteiger partial charge is 0.348 e. The van der Waals surface area contributed by atoms with Gasteiger partial charge in [0.1, 0.15) is 0 Å². The Labute approximate surface area is 144 Å². The molecule has 23 heavy (non-hydrogen) atoms. The lowest BCUT2D eigenvalue weighted by atomic mass is 10.2. The molecule has 3 rings (SSSR count). The summed E-state index contributed by atoms with van der Waals surface area (Å²) in [6.07, 6.45) is 1.88. The standard InChI is InChI=1S/C17H16ClN3OS/c1-10-4-6-12(18)8-14(10)19-17-20-16(22)15(23-17)9-13-7-5-11(2)21(13)3/h4-9H,1-3H3,(H,19,20,22)/b15-9-. The number of hydrogen-bond acceptors (Lipinski definition) is 3. The molecule has 2 heterocycles. The Morgan fingerprint density at radius 3 is 2.74 bits per heavy atom. The second kappa shape index (κ2) is 6.26. The van der Waals surface area contributed by atoms with Crippen LogP contribution in [0.1, 0.15) is 17.0 Å². The zero-order valence-electron chi connectivity index (χ0n) is 13.1. The van der Waals surface area contributed by atoms with Gasteiger partial charge in [-0.2, -0.15) is 0 Å². The van der Waals surface area contributed by atoms with Gasteiger partial charge in [0.05, 0.1) is 10.6 Å². The van der Waals surface area contributed by atoms with E-state index >= 15 is 0 Å². The van der Waals surface area contributed by atoms with E-state index in [1.54, 1.807) is 6.07 Å². The van der Waals surface area contributed by atoms with Crippen LogP contribution >= 0.6 is 23.4 Å². The first kappa shape index (κ1) is 15.9. The maximum absolute atomic E-state index is 12.1. The molecule has 6 heteroatoms. The summed E-state index contributed by atoms with van der Waals surface area (Å²) in [6, 6.07) is 9.54. The molecule has 1 aromatic carbocycles. The lowest BCUT2D eigenvalue weighted by Crippen LogP contribution is -2.19. The number of amides is 1. The molecule has 1 amide bonds. The van der Waals surface area contributed by atoms with Crippen molar-refractivity contribution in [3.63, 3.8) is 0 Å². The van der Waals surface area contributed by atoms with Crippen molar-refractivity contribution in [2.24, 2.45) is 12.0 Å². The number of nitrogens with zero attached hydrogens (tertiary/aromatic N) is 2. The maximum atomic E-state index is 12.1. The molecule has 1 saturated heterocycles. The van der Waals surface area contributed by atoms with E-state index in [9.17, 15) is 4.79 Å².